The molecule has 1 heterocycles. The standard InChI is InChI=1S/C21H25FN4O2/c1-14(17(21(27)28)9-11-23-2)24-20-18-13-16(22)7-8-19(18)26(25-20)12-10-15-5-3-4-6-15/h7-9,11,13,15H,2-6,10,12H2,1H3,(H,24,25)(H,27,28)/b11-9-,17-14-. The molecule has 0 bridgehead atoms. The van der Waals surface area contributed by atoms with Gasteiger partial charge in [0.25, 0.3) is 0 Å². The third kappa shape index (κ3) is 4.47. The van der Waals surface area contributed by atoms with Gasteiger partial charge >= 0.3 is 5.97 Å². The van der Waals surface area contributed by atoms with Crippen LogP contribution in [0.25, 0.3) is 10.9 Å². The van der Waals surface area contributed by atoms with E-state index in [0.717, 1.165) is 18.5 Å². The number of aliphatic imine (C=N–C) groups is 1. The van der Waals surface area contributed by atoms with Crippen molar-refractivity contribution in [3.8, 4) is 0 Å². The highest BCUT2D eigenvalue weighted by Gasteiger charge is 2.18. The maximum atomic E-state index is 13.8. The van der Waals surface area contributed by atoms with Crippen LogP contribution < -0.4 is 5.32 Å². The quantitative estimate of drug-likeness (QED) is 0.391. The number of anilines is 1. The number of hydrogen-bond donors (Lipinski definition) is 2. The van der Waals surface area contributed by atoms with E-state index in [-0.39, 0.29) is 11.4 Å². The zero-order valence-corrected chi connectivity index (χ0v) is 16.0. The number of nitrogens with one attached hydrogen (secondary N) is 1. The smallest absolute Gasteiger partial charge is 0.337 e. The van der Waals surface area contributed by atoms with E-state index in [9.17, 15) is 14.3 Å². The molecule has 1 saturated carbocycles. The molecule has 0 spiro atoms. The summed E-state index contributed by atoms with van der Waals surface area (Å²) in [5, 5.41) is 17.7. The van der Waals surface area contributed by atoms with Crippen LogP contribution in [0.5, 0.6) is 0 Å². The van der Waals surface area contributed by atoms with Crippen molar-refractivity contribution in [3.63, 3.8) is 0 Å². The molecule has 0 radical (unpaired) electrons. The number of nitrogens with zero attached hydrogens (tertiary/aromatic N) is 3. The number of carboxylic acids is 1. The van der Waals surface area contributed by atoms with E-state index in [1.54, 1.807) is 13.0 Å². The average Bonchev–Trinajstić information content (AvgIpc) is 3.28. The Morgan fingerprint density at radius 3 is 2.89 bits per heavy atom. The minimum absolute atomic E-state index is 0.0393. The molecule has 1 aliphatic carbocycles. The summed E-state index contributed by atoms with van der Waals surface area (Å²) in [5.74, 6) is -0.298. The van der Waals surface area contributed by atoms with Crippen molar-refractivity contribution < 1.29 is 14.3 Å². The first-order chi connectivity index (χ1) is 13.5. The van der Waals surface area contributed by atoms with Crippen LogP contribution in [0.15, 0.2) is 46.7 Å². The fourth-order valence-electron chi connectivity index (χ4n) is 3.75. The molecule has 1 aromatic carbocycles. The number of fused-ring (bicyclic) bond motifs is 1. The molecule has 0 amide bonds. The fourth-order valence-corrected chi connectivity index (χ4v) is 3.75. The first kappa shape index (κ1) is 19.8. The summed E-state index contributed by atoms with van der Waals surface area (Å²) in [7, 11) is 0. The van der Waals surface area contributed by atoms with Crippen molar-refractivity contribution in [3.05, 3.63) is 47.6 Å². The van der Waals surface area contributed by atoms with Crippen molar-refractivity contribution in [2.24, 2.45) is 10.9 Å². The third-order valence-corrected chi connectivity index (χ3v) is 5.22. The van der Waals surface area contributed by atoms with E-state index < -0.39 is 5.97 Å². The van der Waals surface area contributed by atoms with E-state index in [0.29, 0.717) is 22.8 Å². The predicted molar refractivity (Wildman–Crippen MR) is 109 cm³/mol. The van der Waals surface area contributed by atoms with Gasteiger partial charge in [-0.1, -0.05) is 25.7 Å². The van der Waals surface area contributed by atoms with Gasteiger partial charge in [-0.15, -0.1) is 0 Å². The number of hydrogen-bond acceptors (Lipinski definition) is 4. The van der Waals surface area contributed by atoms with Gasteiger partial charge in [-0.25, -0.2) is 9.18 Å². The maximum absolute atomic E-state index is 13.8. The van der Waals surface area contributed by atoms with Gasteiger partial charge in [-0.3, -0.25) is 9.67 Å². The molecular formula is C21H25FN4O2. The number of allylic oxidation sites excluding steroid dienone is 1. The van der Waals surface area contributed by atoms with Crippen LogP contribution in [-0.4, -0.2) is 27.6 Å². The SMILES string of the molecule is C=N/C=C\C(C(=O)O)=C(/C)Nc1nn(CCC2CCCC2)c2ccc(F)cc12. The Morgan fingerprint density at radius 2 is 2.21 bits per heavy atom. The van der Waals surface area contributed by atoms with E-state index in [1.165, 1.54) is 50.1 Å². The van der Waals surface area contributed by atoms with Crippen molar-refractivity contribution in [1.82, 2.24) is 9.78 Å². The van der Waals surface area contributed by atoms with E-state index in [1.807, 2.05) is 4.68 Å². The Kier molecular flexibility index (Phi) is 6.23. The lowest BCUT2D eigenvalue weighted by Crippen LogP contribution is -2.08. The molecule has 0 atom stereocenters. The lowest BCUT2D eigenvalue weighted by atomic mass is 10.0. The number of carboxylic acid groups (broad SMARTS) is 1. The molecule has 1 aliphatic rings. The summed E-state index contributed by atoms with van der Waals surface area (Å²) in [6.07, 6.45) is 8.80. The maximum Gasteiger partial charge on any atom is 0.337 e. The topological polar surface area (TPSA) is 79.5 Å². The summed E-state index contributed by atoms with van der Waals surface area (Å²) in [5.41, 5.74) is 1.26. The molecule has 1 fully saturated rings. The number of rotatable bonds is 8. The minimum Gasteiger partial charge on any atom is -0.478 e. The first-order valence-electron chi connectivity index (χ1n) is 9.49. The molecule has 1 aromatic heterocycles. The summed E-state index contributed by atoms with van der Waals surface area (Å²) in [4.78, 5) is 15.1. The molecule has 2 N–H and O–H groups in total. The van der Waals surface area contributed by atoms with Gasteiger partial charge in [0.2, 0.25) is 0 Å². The Hall–Kier alpha value is -2.96. The molecular weight excluding hydrogens is 359 g/mol. The van der Waals surface area contributed by atoms with Crippen molar-refractivity contribution in [2.75, 3.05) is 5.32 Å². The van der Waals surface area contributed by atoms with Gasteiger partial charge in [0.05, 0.1) is 11.1 Å². The lowest BCUT2D eigenvalue weighted by molar-refractivity contribution is -0.132. The van der Waals surface area contributed by atoms with Crippen molar-refractivity contribution >= 4 is 29.4 Å². The second-order valence-electron chi connectivity index (χ2n) is 7.14. The van der Waals surface area contributed by atoms with Crippen LogP contribution in [0.1, 0.15) is 39.0 Å². The molecule has 0 saturated heterocycles. The van der Waals surface area contributed by atoms with Gasteiger partial charge in [0, 0.05) is 23.8 Å². The molecule has 6 nitrogen and oxygen atoms in total. The number of aliphatic carboxylic acids is 1. The predicted octanol–water partition coefficient (Wildman–Crippen LogP) is 4.74. The van der Waals surface area contributed by atoms with Crippen molar-refractivity contribution in [2.45, 2.75) is 45.6 Å². The summed E-state index contributed by atoms with van der Waals surface area (Å²) in [6.45, 7) is 5.70. The van der Waals surface area contributed by atoms with Crippen LogP contribution in [0.2, 0.25) is 0 Å². The van der Waals surface area contributed by atoms with E-state index in [4.69, 9.17) is 0 Å². The largest absolute Gasteiger partial charge is 0.478 e. The molecule has 0 aliphatic heterocycles. The van der Waals surface area contributed by atoms with Crippen LogP contribution >= 0.6 is 0 Å². The molecule has 7 heteroatoms. The monoisotopic (exact) mass is 384 g/mol. The molecule has 0 unspecified atom stereocenters. The van der Waals surface area contributed by atoms with Gasteiger partial charge in [-0.05, 0) is 50.3 Å². The van der Waals surface area contributed by atoms with Gasteiger partial charge in [-0.2, -0.15) is 5.10 Å². The van der Waals surface area contributed by atoms with Gasteiger partial charge < -0.3 is 10.4 Å². The molecule has 28 heavy (non-hydrogen) atoms. The number of aromatic nitrogens is 2. The Balaban J connectivity index is 1.93. The minimum atomic E-state index is -1.10. The molecule has 2 aromatic rings. The number of aryl methyl sites for hydroxylation is 1. The summed E-state index contributed by atoms with van der Waals surface area (Å²) < 4.78 is 15.7. The number of carbonyl (C=O) groups is 1. The van der Waals surface area contributed by atoms with Crippen LogP contribution in [0.4, 0.5) is 10.2 Å². The van der Waals surface area contributed by atoms with Gasteiger partial charge in [0.1, 0.15) is 5.82 Å². The Morgan fingerprint density at radius 1 is 1.46 bits per heavy atom. The molecule has 3 rings (SSSR count). The average molecular weight is 384 g/mol. The van der Waals surface area contributed by atoms with Gasteiger partial charge in [0.15, 0.2) is 5.82 Å². The second kappa shape index (κ2) is 8.82. The second-order valence-corrected chi connectivity index (χ2v) is 7.14. The van der Waals surface area contributed by atoms with E-state index in [2.05, 4.69) is 22.1 Å². The van der Waals surface area contributed by atoms with Crippen LogP contribution in [0, 0.1) is 11.7 Å². The summed E-state index contributed by atoms with van der Waals surface area (Å²) in [6, 6.07) is 4.56. The first-order valence-corrected chi connectivity index (χ1v) is 9.49. The normalized spacial score (nSPS) is 15.9. The third-order valence-electron chi connectivity index (χ3n) is 5.22. The number of benzene rings is 1. The summed E-state index contributed by atoms with van der Waals surface area (Å²) >= 11 is 0. The Labute approximate surface area is 163 Å². The van der Waals surface area contributed by atoms with Crippen LogP contribution in [0.3, 0.4) is 0 Å². The van der Waals surface area contributed by atoms with Crippen molar-refractivity contribution in [1.29, 1.82) is 0 Å². The number of halogens is 1. The zero-order chi connectivity index (χ0) is 20.1. The highest BCUT2D eigenvalue weighted by molar-refractivity contribution is 5.94. The van der Waals surface area contributed by atoms with Crippen LogP contribution in [-0.2, 0) is 11.3 Å². The zero-order valence-electron chi connectivity index (χ0n) is 16.0. The van der Waals surface area contributed by atoms with E-state index >= 15 is 0 Å². The Bertz CT molecular complexity index is 939. The highest BCUT2D eigenvalue weighted by Crippen LogP contribution is 2.30. The fraction of sp³-hybridized carbons (Fsp3) is 0.381. The lowest BCUT2D eigenvalue weighted by Gasteiger charge is -2.09. The highest BCUT2D eigenvalue weighted by atomic mass is 19.1. The molecule has 148 valence electrons.